The molecule has 3 aromatic carbocycles. The number of phenols is 1. The maximum Gasteiger partial charge on any atom is 0.226 e. The highest BCUT2D eigenvalue weighted by Crippen LogP contribution is 2.28. The van der Waals surface area contributed by atoms with Gasteiger partial charge >= 0.3 is 0 Å². The van der Waals surface area contributed by atoms with E-state index in [-0.39, 0.29) is 18.1 Å². The second-order valence-corrected chi connectivity index (χ2v) is 7.44. The standard InChI is InChI=1S/C28H24N2O2/c31-25-16-13-21(14-17-25)12-15-22-7-1-3-10-26(22)27-11-4-2-8-23(27)20-30-28(32)19-24-9-5-6-18-29-24/h1-18,31H,19-20H2,(H,30,32). The van der Waals surface area contributed by atoms with Crippen molar-refractivity contribution in [1.29, 1.82) is 0 Å². The van der Waals surface area contributed by atoms with Gasteiger partial charge in [-0.25, -0.2) is 0 Å². The average molecular weight is 421 g/mol. The Morgan fingerprint density at radius 2 is 1.53 bits per heavy atom. The summed E-state index contributed by atoms with van der Waals surface area (Å²) in [6.45, 7) is 0.442. The van der Waals surface area contributed by atoms with Crippen molar-refractivity contribution in [3.8, 4) is 16.9 Å². The average Bonchev–Trinajstić information content (AvgIpc) is 2.83. The summed E-state index contributed by atoms with van der Waals surface area (Å²) in [6.07, 6.45) is 6.04. The lowest BCUT2D eigenvalue weighted by Crippen LogP contribution is -2.25. The quantitative estimate of drug-likeness (QED) is 0.389. The van der Waals surface area contributed by atoms with E-state index in [4.69, 9.17) is 0 Å². The van der Waals surface area contributed by atoms with Crippen molar-refractivity contribution in [2.45, 2.75) is 13.0 Å². The molecule has 0 spiro atoms. The van der Waals surface area contributed by atoms with Gasteiger partial charge in [0.05, 0.1) is 6.42 Å². The predicted octanol–water partition coefficient (Wildman–Crippen LogP) is 5.48. The van der Waals surface area contributed by atoms with Crippen LogP contribution in [-0.2, 0) is 17.8 Å². The van der Waals surface area contributed by atoms with Gasteiger partial charge in [0.25, 0.3) is 0 Å². The molecule has 0 aliphatic rings. The Morgan fingerprint density at radius 1 is 0.812 bits per heavy atom. The van der Waals surface area contributed by atoms with Gasteiger partial charge < -0.3 is 10.4 Å². The Kier molecular flexibility index (Phi) is 6.73. The number of aromatic hydroxyl groups is 1. The normalized spacial score (nSPS) is 10.9. The minimum Gasteiger partial charge on any atom is -0.508 e. The van der Waals surface area contributed by atoms with Crippen molar-refractivity contribution in [2.24, 2.45) is 0 Å². The SMILES string of the molecule is O=C(Cc1ccccn1)NCc1ccccc1-c1ccccc1C=Cc1ccc(O)cc1. The van der Waals surface area contributed by atoms with Crippen molar-refractivity contribution in [3.63, 3.8) is 0 Å². The Morgan fingerprint density at radius 3 is 2.31 bits per heavy atom. The van der Waals surface area contributed by atoms with Crippen LogP contribution < -0.4 is 5.32 Å². The van der Waals surface area contributed by atoms with Gasteiger partial charge in [0.2, 0.25) is 5.91 Å². The molecule has 0 saturated carbocycles. The van der Waals surface area contributed by atoms with Crippen LogP contribution in [0.25, 0.3) is 23.3 Å². The minimum atomic E-state index is -0.0565. The number of nitrogens with one attached hydrogen (secondary N) is 1. The van der Waals surface area contributed by atoms with Crippen molar-refractivity contribution >= 4 is 18.1 Å². The minimum absolute atomic E-state index is 0.0565. The lowest BCUT2D eigenvalue weighted by Gasteiger charge is -2.13. The molecule has 1 aromatic heterocycles. The maximum atomic E-state index is 12.4. The van der Waals surface area contributed by atoms with Gasteiger partial charge in [0.1, 0.15) is 5.75 Å². The number of aromatic nitrogens is 1. The molecule has 158 valence electrons. The highest BCUT2D eigenvalue weighted by molar-refractivity contribution is 5.83. The second-order valence-electron chi connectivity index (χ2n) is 7.44. The van der Waals surface area contributed by atoms with Gasteiger partial charge in [-0.05, 0) is 52.1 Å². The van der Waals surface area contributed by atoms with Crippen molar-refractivity contribution < 1.29 is 9.90 Å². The molecule has 4 aromatic rings. The second kappa shape index (κ2) is 10.2. The van der Waals surface area contributed by atoms with Crippen molar-refractivity contribution in [1.82, 2.24) is 10.3 Å². The van der Waals surface area contributed by atoms with E-state index in [2.05, 4.69) is 34.6 Å². The van der Waals surface area contributed by atoms with Gasteiger partial charge in [-0.2, -0.15) is 0 Å². The molecule has 0 radical (unpaired) electrons. The Balaban J connectivity index is 1.53. The van der Waals surface area contributed by atoms with E-state index in [9.17, 15) is 9.90 Å². The van der Waals surface area contributed by atoms with Crippen LogP contribution in [-0.4, -0.2) is 16.0 Å². The van der Waals surface area contributed by atoms with E-state index in [1.54, 1.807) is 18.3 Å². The zero-order chi connectivity index (χ0) is 22.2. The van der Waals surface area contributed by atoms with Crippen LogP contribution in [0.5, 0.6) is 5.75 Å². The van der Waals surface area contributed by atoms with Gasteiger partial charge in [-0.15, -0.1) is 0 Å². The largest absolute Gasteiger partial charge is 0.508 e. The first-order chi connectivity index (χ1) is 15.7. The number of pyridine rings is 1. The first-order valence-electron chi connectivity index (χ1n) is 10.5. The number of rotatable bonds is 7. The molecule has 2 N–H and O–H groups in total. The van der Waals surface area contributed by atoms with Crippen LogP contribution in [0.4, 0.5) is 0 Å². The first kappa shape index (κ1) is 21.1. The predicted molar refractivity (Wildman–Crippen MR) is 129 cm³/mol. The fourth-order valence-corrected chi connectivity index (χ4v) is 3.52. The number of phenolic OH excluding ortho intramolecular Hbond substituents is 1. The first-order valence-corrected chi connectivity index (χ1v) is 10.5. The molecule has 4 heteroatoms. The van der Waals surface area contributed by atoms with Gasteiger partial charge in [0.15, 0.2) is 0 Å². The highest BCUT2D eigenvalue weighted by Gasteiger charge is 2.10. The summed E-state index contributed by atoms with van der Waals surface area (Å²) in [5.74, 6) is 0.195. The van der Waals surface area contributed by atoms with E-state index < -0.39 is 0 Å². The van der Waals surface area contributed by atoms with E-state index in [0.717, 1.165) is 33.5 Å². The molecule has 0 bridgehead atoms. The summed E-state index contributed by atoms with van der Waals surface area (Å²) in [5, 5.41) is 12.5. The molecule has 4 rings (SSSR count). The smallest absolute Gasteiger partial charge is 0.226 e. The number of benzene rings is 3. The molecule has 0 aliphatic heterocycles. The number of carbonyl (C=O) groups excluding carboxylic acids is 1. The topological polar surface area (TPSA) is 62.2 Å². The van der Waals surface area contributed by atoms with Crippen LogP contribution in [0, 0.1) is 0 Å². The van der Waals surface area contributed by atoms with Gasteiger partial charge in [-0.3, -0.25) is 9.78 Å². The van der Waals surface area contributed by atoms with Crippen LogP contribution in [0.15, 0.2) is 97.2 Å². The molecule has 32 heavy (non-hydrogen) atoms. The van der Waals surface area contributed by atoms with E-state index >= 15 is 0 Å². The Hall–Kier alpha value is -4.18. The summed E-state index contributed by atoms with van der Waals surface area (Å²) < 4.78 is 0. The fraction of sp³-hybridized carbons (Fsp3) is 0.0714. The molecule has 0 unspecified atom stereocenters. The number of carbonyl (C=O) groups is 1. The number of nitrogens with zero attached hydrogens (tertiary/aromatic N) is 1. The highest BCUT2D eigenvalue weighted by atomic mass is 16.3. The van der Waals surface area contributed by atoms with Crippen LogP contribution in [0.2, 0.25) is 0 Å². The maximum absolute atomic E-state index is 12.4. The van der Waals surface area contributed by atoms with Crippen LogP contribution in [0.3, 0.4) is 0 Å². The Bertz CT molecular complexity index is 1220. The Labute approximate surface area is 187 Å². The van der Waals surface area contributed by atoms with Crippen molar-refractivity contribution in [2.75, 3.05) is 0 Å². The lowest BCUT2D eigenvalue weighted by atomic mass is 9.94. The third-order valence-corrected chi connectivity index (χ3v) is 5.16. The van der Waals surface area contributed by atoms with Crippen molar-refractivity contribution in [3.05, 3.63) is 120 Å². The molecule has 0 atom stereocenters. The number of hydrogen-bond acceptors (Lipinski definition) is 3. The molecule has 4 nitrogen and oxygen atoms in total. The monoisotopic (exact) mass is 420 g/mol. The zero-order valence-electron chi connectivity index (χ0n) is 17.6. The molecule has 0 saturated heterocycles. The molecular weight excluding hydrogens is 396 g/mol. The molecule has 0 fully saturated rings. The van der Waals surface area contributed by atoms with Gasteiger partial charge in [-0.1, -0.05) is 78.9 Å². The summed E-state index contributed by atoms with van der Waals surface area (Å²) in [4.78, 5) is 16.6. The zero-order valence-corrected chi connectivity index (χ0v) is 17.6. The fourth-order valence-electron chi connectivity index (χ4n) is 3.52. The van der Waals surface area contributed by atoms with Crippen LogP contribution in [0.1, 0.15) is 22.4 Å². The summed E-state index contributed by atoms with van der Waals surface area (Å²) in [5.41, 5.74) is 6.06. The molecule has 0 aliphatic carbocycles. The van der Waals surface area contributed by atoms with E-state index in [1.165, 1.54) is 0 Å². The van der Waals surface area contributed by atoms with Gasteiger partial charge in [0, 0.05) is 18.4 Å². The molecule has 1 heterocycles. The molecule has 1 amide bonds. The lowest BCUT2D eigenvalue weighted by molar-refractivity contribution is -0.120. The summed E-state index contributed by atoms with van der Waals surface area (Å²) in [7, 11) is 0. The number of hydrogen-bond donors (Lipinski definition) is 2. The third-order valence-electron chi connectivity index (χ3n) is 5.16. The third kappa shape index (κ3) is 5.49. The van der Waals surface area contributed by atoms with Crippen LogP contribution >= 0.6 is 0 Å². The number of amides is 1. The summed E-state index contributed by atoms with van der Waals surface area (Å²) in [6, 6.07) is 29.0. The molecular formula is C28H24N2O2. The summed E-state index contributed by atoms with van der Waals surface area (Å²) >= 11 is 0. The van der Waals surface area contributed by atoms with E-state index in [1.807, 2.05) is 66.7 Å². The van der Waals surface area contributed by atoms with E-state index in [0.29, 0.717) is 6.54 Å².